The summed E-state index contributed by atoms with van der Waals surface area (Å²) in [6.45, 7) is 0.0516. The first kappa shape index (κ1) is 15.4. The lowest BCUT2D eigenvalue weighted by Crippen LogP contribution is -2.29. The molecule has 0 fully saturated rings. The minimum Gasteiger partial charge on any atom is -0.496 e. The molecule has 3 aromatic carbocycles. The summed E-state index contributed by atoms with van der Waals surface area (Å²) in [5.74, 6) is -0.241. The average Bonchev–Trinajstić information content (AvgIpc) is 2.90. The normalized spacial score (nSPS) is 13.4. The minimum atomic E-state index is -0.445. The summed E-state index contributed by atoms with van der Waals surface area (Å²) in [5, 5.41) is 2.81. The lowest BCUT2D eigenvalue weighted by molar-refractivity contribution is -0.101. The van der Waals surface area contributed by atoms with Gasteiger partial charge < -0.3 is 4.74 Å². The molecule has 25 heavy (non-hydrogen) atoms. The van der Waals surface area contributed by atoms with E-state index in [1.54, 1.807) is 31.4 Å². The number of nitrogens with zero attached hydrogens (tertiary/aromatic N) is 1. The lowest BCUT2D eigenvalue weighted by Gasteiger charge is -2.16. The Balaban J connectivity index is 1.66. The van der Waals surface area contributed by atoms with Gasteiger partial charge in [0, 0.05) is 5.56 Å². The van der Waals surface area contributed by atoms with E-state index >= 15 is 0 Å². The van der Waals surface area contributed by atoms with Crippen LogP contribution >= 0.6 is 0 Å². The van der Waals surface area contributed by atoms with E-state index in [1.165, 1.54) is 0 Å². The molecule has 0 radical (unpaired) electrons. The van der Waals surface area contributed by atoms with Crippen molar-refractivity contribution in [3.63, 3.8) is 0 Å². The number of hydrogen-bond acceptors (Lipinski definition) is 4. The van der Waals surface area contributed by atoms with Crippen molar-refractivity contribution in [1.29, 1.82) is 0 Å². The molecule has 0 atom stereocenters. The van der Waals surface area contributed by atoms with Crippen LogP contribution in [0.2, 0.25) is 0 Å². The Kier molecular flexibility index (Phi) is 3.71. The predicted octanol–water partition coefficient (Wildman–Crippen LogP) is 3.58. The summed E-state index contributed by atoms with van der Waals surface area (Å²) in [5.41, 5.74) is 1.51. The highest BCUT2D eigenvalue weighted by atomic mass is 16.7. The first-order valence-electron chi connectivity index (χ1n) is 7.86. The Morgan fingerprint density at radius 1 is 0.840 bits per heavy atom. The maximum Gasteiger partial charge on any atom is 0.285 e. The van der Waals surface area contributed by atoms with E-state index in [9.17, 15) is 9.59 Å². The number of imide groups is 1. The molecule has 0 aromatic heterocycles. The van der Waals surface area contributed by atoms with Crippen LogP contribution in [0.4, 0.5) is 0 Å². The van der Waals surface area contributed by atoms with Gasteiger partial charge in [-0.1, -0.05) is 42.5 Å². The fourth-order valence-corrected chi connectivity index (χ4v) is 3.07. The number of rotatable bonds is 4. The zero-order chi connectivity index (χ0) is 17.4. The van der Waals surface area contributed by atoms with Crippen LogP contribution in [0.3, 0.4) is 0 Å². The highest BCUT2D eigenvalue weighted by Gasteiger charge is 2.36. The molecule has 0 unspecified atom stereocenters. The van der Waals surface area contributed by atoms with Crippen LogP contribution in [0, 0.1) is 0 Å². The number of methoxy groups -OCH3 is 1. The standard InChI is InChI=1S/C20H15NO4/c1-24-18-11-10-13-6-2-3-7-14(13)17(18)12-25-21-19(22)15-8-4-5-9-16(15)20(21)23/h2-11H,12H2,1H3. The molecule has 5 nitrogen and oxygen atoms in total. The molecule has 0 saturated carbocycles. The first-order chi connectivity index (χ1) is 12.2. The van der Waals surface area contributed by atoms with Crippen LogP contribution in [0.1, 0.15) is 26.3 Å². The van der Waals surface area contributed by atoms with Gasteiger partial charge >= 0.3 is 0 Å². The molecule has 124 valence electrons. The van der Waals surface area contributed by atoms with Crippen LogP contribution in [-0.4, -0.2) is 24.0 Å². The van der Waals surface area contributed by atoms with Gasteiger partial charge in [0.1, 0.15) is 12.4 Å². The summed E-state index contributed by atoms with van der Waals surface area (Å²) < 4.78 is 5.42. The zero-order valence-corrected chi connectivity index (χ0v) is 13.6. The van der Waals surface area contributed by atoms with Crippen molar-refractivity contribution >= 4 is 22.6 Å². The van der Waals surface area contributed by atoms with Gasteiger partial charge in [0.2, 0.25) is 0 Å². The van der Waals surface area contributed by atoms with Crippen LogP contribution in [0.25, 0.3) is 10.8 Å². The van der Waals surface area contributed by atoms with Crippen LogP contribution < -0.4 is 4.74 Å². The smallest absolute Gasteiger partial charge is 0.285 e. The number of hydrogen-bond donors (Lipinski definition) is 0. The summed E-state index contributed by atoms with van der Waals surface area (Å²) in [6.07, 6.45) is 0. The molecule has 0 N–H and O–H groups in total. The molecule has 3 aromatic rings. The van der Waals surface area contributed by atoms with E-state index in [1.807, 2.05) is 36.4 Å². The Hall–Kier alpha value is -3.18. The Bertz CT molecular complexity index is 961. The van der Waals surface area contributed by atoms with Crippen LogP contribution in [-0.2, 0) is 11.4 Å². The molecule has 5 heteroatoms. The average molecular weight is 333 g/mol. The summed E-state index contributed by atoms with van der Waals surface area (Å²) in [6, 6.07) is 18.3. The van der Waals surface area contributed by atoms with Gasteiger partial charge in [0.05, 0.1) is 18.2 Å². The molecular weight excluding hydrogens is 318 g/mol. The fourth-order valence-electron chi connectivity index (χ4n) is 3.07. The van der Waals surface area contributed by atoms with Crippen molar-refractivity contribution in [2.45, 2.75) is 6.61 Å². The number of hydroxylamine groups is 2. The molecule has 1 aliphatic rings. The van der Waals surface area contributed by atoms with Gasteiger partial charge in [-0.25, -0.2) is 0 Å². The number of benzene rings is 3. The van der Waals surface area contributed by atoms with Crippen molar-refractivity contribution in [2.75, 3.05) is 7.11 Å². The number of carbonyl (C=O) groups is 2. The van der Waals surface area contributed by atoms with Crippen molar-refractivity contribution in [2.24, 2.45) is 0 Å². The first-order valence-corrected chi connectivity index (χ1v) is 7.86. The molecule has 0 aliphatic carbocycles. The number of ether oxygens (including phenoxy) is 1. The van der Waals surface area contributed by atoms with Gasteiger partial charge in [0.25, 0.3) is 11.8 Å². The molecule has 0 spiro atoms. The number of amides is 2. The Morgan fingerprint density at radius 3 is 2.16 bits per heavy atom. The van der Waals surface area contributed by atoms with E-state index in [0.717, 1.165) is 21.4 Å². The number of fused-ring (bicyclic) bond motifs is 2. The summed E-state index contributed by atoms with van der Waals surface area (Å²) in [4.78, 5) is 30.4. The van der Waals surface area contributed by atoms with E-state index in [0.29, 0.717) is 16.9 Å². The summed E-state index contributed by atoms with van der Waals surface area (Å²) >= 11 is 0. The van der Waals surface area contributed by atoms with Gasteiger partial charge in [0.15, 0.2) is 0 Å². The fraction of sp³-hybridized carbons (Fsp3) is 0.100. The van der Waals surface area contributed by atoms with Gasteiger partial charge in [-0.3, -0.25) is 14.4 Å². The second-order valence-electron chi connectivity index (χ2n) is 5.69. The van der Waals surface area contributed by atoms with Gasteiger partial charge in [-0.05, 0) is 29.0 Å². The SMILES string of the molecule is COc1ccc2ccccc2c1CON1C(=O)c2ccccc2C1=O. The second-order valence-corrected chi connectivity index (χ2v) is 5.69. The van der Waals surface area contributed by atoms with E-state index in [4.69, 9.17) is 9.57 Å². The van der Waals surface area contributed by atoms with Crippen molar-refractivity contribution in [3.8, 4) is 5.75 Å². The highest BCUT2D eigenvalue weighted by molar-refractivity contribution is 6.20. The van der Waals surface area contributed by atoms with Crippen molar-refractivity contribution in [1.82, 2.24) is 5.06 Å². The molecular formula is C20H15NO4. The highest BCUT2D eigenvalue weighted by Crippen LogP contribution is 2.30. The third kappa shape index (κ3) is 2.45. The molecule has 2 amide bonds. The second kappa shape index (κ2) is 6.03. The maximum atomic E-state index is 12.4. The third-order valence-electron chi connectivity index (χ3n) is 4.31. The monoisotopic (exact) mass is 333 g/mol. The molecule has 4 rings (SSSR count). The predicted molar refractivity (Wildman–Crippen MR) is 92.2 cm³/mol. The van der Waals surface area contributed by atoms with Gasteiger partial charge in [-0.15, -0.1) is 5.06 Å². The topological polar surface area (TPSA) is 55.8 Å². The molecule has 1 aliphatic heterocycles. The minimum absolute atomic E-state index is 0.0516. The maximum absolute atomic E-state index is 12.4. The van der Waals surface area contributed by atoms with E-state index in [2.05, 4.69) is 0 Å². The Morgan fingerprint density at radius 2 is 1.48 bits per heavy atom. The van der Waals surface area contributed by atoms with E-state index in [-0.39, 0.29) is 6.61 Å². The zero-order valence-electron chi connectivity index (χ0n) is 13.6. The lowest BCUT2D eigenvalue weighted by atomic mass is 10.0. The molecule has 0 bridgehead atoms. The third-order valence-corrected chi connectivity index (χ3v) is 4.31. The van der Waals surface area contributed by atoms with Crippen LogP contribution in [0.15, 0.2) is 60.7 Å². The summed E-state index contributed by atoms with van der Waals surface area (Å²) in [7, 11) is 1.58. The Labute approximate surface area is 144 Å². The molecule has 1 heterocycles. The van der Waals surface area contributed by atoms with Gasteiger partial charge in [-0.2, -0.15) is 0 Å². The largest absolute Gasteiger partial charge is 0.496 e. The quantitative estimate of drug-likeness (QED) is 0.685. The van der Waals surface area contributed by atoms with Crippen molar-refractivity contribution < 1.29 is 19.2 Å². The van der Waals surface area contributed by atoms with Crippen molar-refractivity contribution in [3.05, 3.63) is 77.4 Å². The molecule has 0 saturated heterocycles. The van der Waals surface area contributed by atoms with Crippen LogP contribution in [0.5, 0.6) is 5.75 Å². The number of carbonyl (C=O) groups excluding carboxylic acids is 2. The van der Waals surface area contributed by atoms with E-state index < -0.39 is 11.8 Å².